The Hall–Kier alpha value is -4.71. The third-order valence-electron chi connectivity index (χ3n) is 6.63. The van der Waals surface area contributed by atoms with Crippen molar-refractivity contribution in [3.63, 3.8) is 0 Å². The molecule has 40 heavy (non-hydrogen) atoms. The zero-order chi connectivity index (χ0) is 28.2. The second-order valence-electron chi connectivity index (χ2n) is 9.44. The van der Waals surface area contributed by atoms with Gasteiger partial charge in [-0.3, -0.25) is 14.4 Å². The van der Waals surface area contributed by atoms with Crippen LogP contribution in [-0.2, 0) is 32.3 Å². The second-order valence-corrected chi connectivity index (χ2v) is 9.44. The summed E-state index contributed by atoms with van der Waals surface area (Å²) in [5.41, 5.74) is 2.94. The molecule has 1 atom stereocenters. The van der Waals surface area contributed by atoms with Gasteiger partial charge in [-0.1, -0.05) is 103 Å². The molecule has 0 aliphatic carbocycles. The van der Waals surface area contributed by atoms with E-state index in [1.165, 1.54) is 0 Å². The van der Waals surface area contributed by atoms with Crippen molar-refractivity contribution in [3.05, 3.63) is 138 Å². The zero-order valence-electron chi connectivity index (χ0n) is 22.4. The predicted octanol–water partition coefficient (Wildman–Crippen LogP) is 6.54. The molecule has 0 aromatic heterocycles. The summed E-state index contributed by atoms with van der Waals surface area (Å²) in [6, 6.07) is 34.8. The van der Waals surface area contributed by atoms with Gasteiger partial charge in [0.2, 0.25) is 0 Å². The van der Waals surface area contributed by atoms with Crippen LogP contribution in [0.15, 0.2) is 115 Å². The van der Waals surface area contributed by atoms with Gasteiger partial charge in [-0.2, -0.15) is 0 Å². The summed E-state index contributed by atoms with van der Waals surface area (Å²) in [5.74, 6) is -2.57. The Morgan fingerprint density at radius 1 is 0.650 bits per heavy atom. The molecule has 0 radical (unpaired) electrons. The molecule has 0 amide bonds. The number of ether oxygens (including phenoxy) is 3. The van der Waals surface area contributed by atoms with E-state index < -0.39 is 23.8 Å². The number of carbonyl (C=O) groups excluding carboxylic acids is 3. The lowest BCUT2D eigenvalue weighted by Crippen LogP contribution is -2.30. The van der Waals surface area contributed by atoms with Gasteiger partial charge in [-0.05, 0) is 41.2 Å². The van der Waals surface area contributed by atoms with E-state index in [9.17, 15) is 14.4 Å². The van der Waals surface area contributed by atoms with Crippen LogP contribution in [0.5, 0.6) is 5.75 Å². The molecule has 0 heterocycles. The third-order valence-corrected chi connectivity index (χ3v) is 6.63. The van der Waals surface area contributed by atoms with E-state index in [1.807, 2.05) is 84.9 Å². The van der Waals surface area contributed by atoms with E-state index in [0.29, 0.717) is 11.3 Å². The highest BCUT2D eigenvalue weighted by Crippen LogP contribution is 2.32. The number of methoxy groups -OCH3 is 1. The SMILES string of the molecule is COc1cccc(C(CC(=O)c2ccccc2)CC(C(=O)OCc2ccccc2)C(=O)OCc2ccccc2)c1. The van der Waals surface area contributed by atoms with Crippen LogP contribution in [0.1, 0.15) is 45.8 Å². The lowest BCUT2D eigenvalue weighted by atomic mass is 9.84. The van der Waals surface area contributed by atoms with Crippen LogP contribution in [0.25, 0.3) is 0 Å². The minimum atomic E-state index is -1.23. The van der Waals surface area contributed by atoms with Crippen LogP contribution in [-0.4, -0.2) is 24.8 Å². The topological polar surface area (TPSA) is 78.9 Å². The number of carbonyl (C=O) groups is 3. The van der Waals surface area contributed by atoms with Crippen LogP contribution in [0, 0.1) is 5.92 Å². The molecule has 0 bridgehead atoms. The molecular formula is C34H32O6. The third kappa shape index (κ3) is 8.14. The fourth-order valence-electron chi connectivity index (χ4n) is 4.43. The highest BCUT2D eigenvalue weighted by molar-refractivity contribution is 5.97. The second kappa shape index (κ2) is 14.4. The molecule has 204 valence electrons. The van der Waals surface area contributed by atoms with Crippen molar-refractivity contribution >= 4 is 17.7 Å². The maximum absolute atomic E-state index is 13.4. The Bertz CT molecular complexity index is 1330. The Kier molecular flexibility index (Phi) is 10.2. The molecule has 0 spiro atoms. The van der Waals surface area contributed by atoms with Gasteiger partial charge in [-0.15, -0.1) is 0 Å². The van der Waals surface area contributed by atoms with Crippen molar-refractivity contribution in [3.8, 4) is 5.75 Å². The van der Waals surface area contributed by atoms with Crippen molar-refractivity contribution in [2.24, 2.45) is 5.92 Å². The predicted molar refractivity (Wildman–Crippen MR) is 152 cm³/mol. The lowest BCUT2D eigenvalue weighted by Gasteiger charge is -2.22. The number of benzene rings is 4. The molecule has 6 heteroatoms. The Morgan fingerprint density at radius 2 is 1.18 bits per heavy atom. The number of ketones is 1. The maximum Gasteiger partial charge on any atom is 0.320 e. The molecule has 0 aliphatic heterocycles. The minimum Gasteiger partial charge on any atom is -0.497 e. The van der Waals surface area contributed by atoms with Crippen LogP contribution in [0.4, 0.5) is 0 Å². The molecule has 1 unspecified atom stereocenters. The lowest BCUT2D eigenvalue weighted by molar-refractivity contribution is -0.164. The van der Waals surface area contributed by atoms with E-state index in [2.05, 4.69) is 0 Å². The molecule has 0 saturated heterocycles. The molecule has 4 aromatic carbocycles. The molecule has 0 N–H and O–H groups in total. The first-order chi connectivity index (χ1) is 19.5. The Morgan fingerprint density at radius 3 is 1.70 bits per heavy atom. The van der Waals surface area contributed by atoms with Gasteiger partial charge in [0, 0.05) is 12.0 Å². The molecule has 4 rings (SSSR count). The molecule has 4 aromatic rings. The average molecular weight is 537 g/mol. The number of hydrogen-bond donors (Lipinski definition) is 0. The van der Waals surface area contributed by atoms with E-state index in [-0.39, 0.29) is 31.8 Å². The van der Waals surface area contributed by atoms with Crippen molar-refractivity contribution in [1.82, 2.24) is 0 Å². The first-order valence-electron chi connectivity index (χ1n) is 13.2. The van der Waals surface area contributed by atoms with Gasteiger partial charge < -0.3 is 14.2 Å². The maximum atomic E-state index is 13.4. The zero-order valence-corrected chi connectivity index (χ0v) is 22.4. The summed E-state index contributed by atoms with van der Waals surface area (Å²) in [5, 5.41) is 0. The van der Waals surface area contributed by atoms with Crippen LogP contribution in [0.3, 0.4) is 0 Å². The number of Topliss-reactive ketones (excluding diaryl/α,β-unsaturated/α-hetero) is 1. The minimum absolute atomic E-state index is 0.0227. The Balaban J connectivity index is 1.59. The van der Waals surface area contributed by atoms with Gasteiger partial charge in [0.1, 0.15) is 19.0 Å². The highest BCUT2D eigenvalue weighted by Gasteiger charge is 2.34. The molecule has 0 saturated carbocycles. The van der Waals surface area contributed by atoms with Crippen molar-refractivity contribution in [2.45, 2.75) is 32.0 Å². The quantitative estimate of drug-likeness (QED) is 0.110. The summed E-state index contributed by atoms with van der Waals surface area (Å²) < 4.78 is 16.6. The van der Waals surface area contributed by atoms with E-state index in [1.54, 1.807) is 37.4 Å². The van der Waals surface area contributed by atoms with Gasteiger partial charge in [-0.25, -0.2) is 0 Å². The van der Waals surface area contributed by atoms with E-state index in [0.717, 1.165) is 16.7 Å². The highest BCUT2D eigenvalue weighted by atomic mass is 16.6. The summed E-state index contributed by atoms with van der Waals surface area (Å²) in [6.45, 7) is 0.0455. The largest absolute Gasteiger partial charge is 0.497 e. The molecule has 6 nitrogen and oxygen atoms in total. The summed E-state index contributed by atoms with van der Waals surface area (Å²) in [7, 11) is 1.56. The standard InChI is InChI=1S/C34H32O6/c1-38-30-19-11-18-28(20-30)29(22-32(35)27-16-9-4-10-17-27)21-31(33(36)39-23-25-12-5-2-6-13-25)34(37)40-24-26-14-7-3-8-15-26/h2-20,29,31H,21-24H2,1H3. The van der Waals surface area contributed by atoms with Crippen molar-refractivity contribution < 1.29 is 28.6 Å². The Labute approximate surface area is 234 Å². The van der Waals surface area contributed by atoms with Crippen molar-refractivity contribution in [1.29, 1.82) is 0 Å². The molecule has 0 aliphatic rings. The van der Waals surface area contributed by atoms with E-state index >= 15 is 0 Å². The summed E-state index contributed by atoms with van der Waals surface area (Å²) >= 11 is 0. The average Bonchev–Trinajstić information content (AvgIpc) is 3.02. The van der Waals surface area contributed by atoms with Crippen LogP contribution >= 0.6 is 0 Å². The smallest absolute Gasteiger partial charge is 0.320 e. The number of hydrogen-bond acceptors (Lipinski definition) is 6. The summed E-state index contributed by atoms with van der Waals surface area (Å²) in [6.07, 6.45) is 0.124. The number of esters is 2. The van der Waals surface area contributed by atoms with E-state index in [4.69, 9.17) is 14.2 Å². The van der Waals surface area contributed by atoms with Gasteiger partial charge in [0.15, 0.2) is 11.7 Å². The normalized spacial score (nSPS) is 11.4. The van der Waals surface area contributed by atoms with Crippen LogP contribution in [0.2, 0.25) is 0 Å². The van der Waals surface area contributed by atoms with Crippen molar-refractivity contribution in [2.75, 3.05) is 7.11 Å². The first kappa shape index (κ1) is 28.3. The fourth-order valence-corrected chi connectivity index (χ4v) is 4.43. The van der Waals surface area contributed by atoms with Gasteiger partial charge >= 0.3 is 11.9 Å². The van der Waals surface area contributed by atoms with Crippen LogP contribution < -0.4 is 4.74 Å². The molecular weight excluding hydrogens is 504 g/mol. The first-order valence-corrected chi connectivity index (χ1v) is 13.2. The van der Waals surface area contributed by atoms with Gasteiger partial charge in [0.25, 0.3) is 0 Å². The summed E-state index contributed by atoms with van der Waals surface area (Å²) in [4.78, 5) is 40.0. The van der Waals surface area contributed by atoms with Gasteiger partial charge in [0.05, 0.1) is 7.11 Å². The fraction of sp³-hybridized carbons (Fsp3) is 0.206. The molecule has 0 fully saturated rings. The number of rotatable bonds is 13. The monoisotopic (exact) mass is 536 g/mol.